The minimum absolute atomic E-state index is 0.308. The second-order valence-corrected chi connectivity index (χ2v) is 12.6. The summed E-state index contributed by atoms with van der Waals surface area (Å²) in [6.45, 7) is 2.39. The molecule has 0 bridgehead atoms. The number of hydrogen-bond donors (Lipinski definition) is 4. The molecule has 5 rings (SSSR count). The van der Waals surface area contributed by atoms with Crippen molar-refractivity contribution in [2.24, 2.45) is 11.8 Å². The number of nitrogens with zero attached hydrogens (tertiary/aromatic N) is 3. The zero-order valence-corrected chi connectivity index (χ0v) is 20.7. The molecule has 4 N–H and O–H groups in total. The standard InChI is InChI=1S/C23H29N5O4S2/c1-12-18(22-27-15-5-3-4-6-17(15)33-22)21(28-23(25-12)24-10-13-7-8-13)26-16-9-14(11-29)20(19(16)30)34(2,31)32/h3-6,13-14,16,19-20,29-30H,7-11H2,1-2H3,(H2,24,25,26,28)/t14-,16-,19+,20+/m1/s1. The van der Waals surface area contributed by atoms with Gasteiger partial charge in [-0.3, -0.25) is 0 Å². The Balaban J connectivity index is 1.53. The SMILES string of the molecule is Cc1nc(NCC2CC2)nc(N[C@@H]2C[C@H](CO)[C@H](S(C)(=O)=O)[C@H]2O)c1-c1nc2ccccc2s1. The van der Waals surface area contributed by atoms with Crippen molar-refractivity contribution in [1.82, 2.24) is 15.0 Å². The van der Waals surface area contributed by atoms with Gasteiger partial charge < -0.3 is 20.8 Å². The van der Waals surface area contributed by atoms with E-state index in [1.54, 1.807) is 0 Å². The van der Waals surface area contributed by atoms with Crippen molar-refractivity contribution < 1.29 is 18.6 Å². The molecule has 2 aliphatic carbocycles. The molecule has 1 aromatic carbocycles. The van der Waals surface area contributed by atoms with Crippen LogP contribution in [-0.2, 0) is 9.84 Å². The Bertz CT molecular complexity index is 1270. The van der Waals surface area contributed by atoms with E-state index < -0.39 is 33.2 Å². The number of anilines is 2. The Kier molecular flexibility index (Phi) is 6.21. The molecule has 0 saturated heterocycles. The van der Waals surface area contributed by atoms with Crippen molar-refractivity contribution in [1.29, 1.82) is 0 Å². The Labute approximate surface area is 202 Å². The summed E-state index contributed by atoms with van der Waals surface area (Å²) in [5, 5.41) is 27.0. The second-order valence-electron chi connectivity index (χ2n) is 9.38. The topological polar surface area (TPSA) is 137 Å². The predicted molar refractivity (Wildman–Crippen MR) is 134 cm³/mol. The van der Waals surface area contributed by atoms with Crippen LogP contribution in [0.2, 0.25) is 0 Å². The summed E-state index contributed by atoms with van der Waals surface area (Å²) in [6, 6.07) is 7.28. The monoisotopic (exact) mass is 503 g/mol. The van der Waals surface area contributed by atoms with E-state index >= 15 is 0 Å². The van der Waals surface area contributed by atoms with E-state index in [-0.39, 0.29) is 6.61 Å². The first-order chi connectivity index (χ1) is 16.2. The van der Waals surface area contributed by atoms with Crippen LogP contribution in [0.3, 0.4) is 0 Å². The molecule has 182 valence electrons. The fourth-order valence-electron chi connectivity index (χ4n) is 4.76. The van der Waals surface area contributed by atoms with Crippen molar-refractivity contribution in [3.63, 3.8) is 0 Å². The number of hydrogen-bond acceptors (Lipinski definition) is 10. The van der Waals surface area contributed by atoms with Gasteiger partial charge in [-0.1, -0.05) is 12.1 Å². The fourth-order valence-corrected chi connectivity index (χ4v) is 7.41. The van der Waals surface area contributed by atoms with Gasteiger partial charge in [-0.15, -0.1) is 11.3 Å². The van der Waals surface area contributed by atoms with Crippen LogP contribution in [0.5, 0.6) is 0 Å². The number of rotatable bonds is 8. The van der Waals surface area contributed by atoms with E-state index in [1.807, 2.05) is 31.2 Å². The molecule has 2 aliphatic rings. The van der Waals surface area contributed by atoms with Crippen LogP contribution in [-0.4, -0.2) is 70.4 Å². The lowest BCUT2D eigenvalue weighted by molar-refractivity contribution is 0.160. The van der Waals surface area contributed by atoms with Gasteiger partial charge in [0.1, 0.15) is 10.8 Å². The maximum Gasteiger partial charge on any atom is 0.224 e. The lowest BCUT2D eigenvalue weighted by atomic mass is 10.1. The van der Waals surface area contributed by atoms with Gasteiger partial charge in [-0.2, -0.15) is 4.98 Å². The molecule has 2 heterocycles. The number of para-hydroxylation sites is 1. The number of aromatic nitrogens is 3. The molecular weight excluding hydrogens is 474 g/mol. The molecule has 0 amide bonds. The minimum atomic E-state index is -3.55. The zero-order chi connectivity index (χ0) is 24.0. The first-order valence-corrected chi connectivity index (χ1v) is 14.2. The number of nitrogens with one attached hydrogen (secondary N) is 2. The van der Waals surface area contributed by atoms with Crippen molar-refractivity contribution >= 4 is 43.2 Å². The third-order valence-electron chi connectivity index (χ3n) is 6.66. The molecule has 2 saturated carbocycles. The highest BCUT2D eigenvalue weighted by Gasteiger charge is 2.48. The minimum Gasteiger partial charge on any atom is -0.396 e. The van der Waals surface area contributed by atoms with Crippen LogP contribution in [0.25, 0.3) is 20.8 Å². The Morgan fingerprint density at radius 1 is 1.18 bits per heavy atom. The second kappa shape index (κ2) is 9.03. The van der Waals surface area contributed by atoms with Crippen LogP contribution in [0.1, 0.15) is 25.0 Å². The molecule has 11 heteroatoms. The fraction of sp³-hybridized carbons (Fsp3) is 0.522. The molecular formula is C23H29N5O4S2. The van der Waals surface area contributed by atoms with Crippen molar-refractivity contribution in [3.05, 3.63) is 30.0 Å². The summed E-state index contributed by atoms with van der Waals surface area (Å²) in [5.41, 5.74) is 2.34. The van der Waals surface area contributed by atoms with Gasteiger partial charge in [-0.25, -0.2) is 18.4 Å². The first-order valence-electron chi connectivity index (χ1n) is 11.5. The number of fused-ring (bicyclic) bond motifs is 1. The maximum absolute atomic E-state index is 12.3. The van der Waals surface area contributed by atoms with Crippen LogP contribution < -0.4 is 10.6 Å². The van der Waals surface area contributed by atoms with E-state index in [4.69, 9.17) is 9.97 Å². The normalized spacial score (nSPS) is 25.1. The van der Waals surface area contributed by atoms with Gasteiger partial charge in [0.05, 0.1) is 38.9 Å². The van der Waals surface area contributed by atoms with Crippen LogP contribution in [0.15, 0.2) is 24.3 Å². The maximum atomic E-state index is 12.3. The van der Waals surface area contributed by atoms with Crippen LogP contribution in [0.4, 0.5) is 11.8 Å². The molecule has 34 heavy (non-hydrogen) atoms. The predicted octanol–water partition coefficient (Wildman–Crippen LogP) is 2.45. The Hall–Kier alpha value is -2.34. The molecule has 0 unspecified atom stereocenters. The van der Waals surface area contributed by atoms with Crippen molar-refractivity contribution in [2.45, 2.75) is 43.6 Å². The quantitative estimate of drug-likeness (QED) is 0.365. The summed E-state index contributed by atoms with van der Waals surface area (Å²) < 4.78 is 25.7. The van der Waals surface area contributed by atoms with Gasteiger partial charge in [0, 0.05) is 25.3 Å². The third kappa shape index (κ3) is 4.61. The molecule has 2 fully saturated rings. The number of thiazole rings is 1. The number of aryl methyl sites for hydroxylation is 1. The average Bonchev–Trinajstić information content (AvgIpc) is 3.42. The lowest BCUT2D eigenvalue weighted by Gasteiger charge is -2.22. The van der Waals surface area contributed by atoms with Crippen LogP contribution >= 0.6 is 11.3 Å². The Morgan fingerprint density at radius 2 is 1.94 bits per heavy atom. The average molecular weight is 504 g/mol. The van der Waals surface area contributed by atoms with E-state index in [9.17, 15) is 18.6 Å². The van der Waals surface area contributed by atoms with E-state index in [2.05, 4.69) is 15.6 Å². The Morgan fingerprint density at radius 3 is 2.59 bits per heavy atom. The van der Waals surface area contributed by atoms with E-state index in [0.29, 0.717) is 24.1 Å². The summed E-state index contributed by atoms with van der Waals surface area (Å²) in [5.74, 6) is 1.08. The third-order valence-corrected chi connectivity index (χ3v) is 9.37. The first kappa shape index (κ1) is 23.4. The molecule has 0 spiro atoms. The lowest BCUT2D eigenvalue weighted by Crippen LogP contribution is -2.40. The number of sulfone groups is 1. The highest BCUT2D eigenvalue weighted by atomic mass is 32.2. The molecule has 0 radical (unpaired) electrons. The van der Waals surface area contributed by atoms with Gasteiger partial charge in [0.25, 0.3) is 0 Å². The van der Waals surface area contributed by atoms with E-state index in [0.717, 1.165) is 39.3 Å². The van der Waals surface area contributed by atoms with Gasteiger partial charge in [-0.05, 0) is 44.2 Å². The molecule has 2 aromatic heterocycles. The van der Waals surface area contributed by atoms with Crippen molar-refractivity contribution in [2.75, 3.05) is 30.0 Å². The number of aliphatic hydroxyl groups is 2. The van der Waals surface area contributed by atoms with E-state index in [1.165, 1.54) is 24.2 Å². The summed E-state index contributed by atoms with van der Waals surface area (Å²) in [6.07, 6.45) is 2.64. The van der Waals surface area contributed by atoms with Gasteiger partial charge in [0.2, 0.25) is 5.95 Å². The summed E-state index contributed by atoms with van der Waals surface area (Å²) >= 11 is 1.53. The van der Waals surface area contributed by atoms with Gasteiger partial charge in [0.15, 0.2) is 9.84 Å². The highest BCUT2D eigenvalue weighted by molar-refractivity contribution is 7.91. The summed E-state index contributed by atoms with van der Waals surface area (Å²) in [7, 11) is -3.55. The molecule has 4 atom stereocenters. The van der Waals surface area contributed by atoms with Crippen LogP contribution in [0, 0.1) is 18.8 Å². The largest absolute Gasteiger partial charge is 0.396 e. The van der Waals surface area contributed by atoms with Crippen molar-refractivity contribution in [3.8, 4) is 10.6 Å². The molecule has 3 aromatic rings. The smallest absolute Gasteiger partial charge is 0.224 e. The zero-order valence-electron chi connectivity index (χ0n) is 19.1. The number of aliphatic hydroxyl groups excluding tert-OH is 2. The highest BCUT2D eigenvalue weighted by Crippen LogP contribution is 2.39. The molecule has 9 nitrogen and oxygen atoms in total. The molecule has 0 aliphatic heterocycles. The number of benzene rings is 1. The summed E-state index contributed by atoms with van der Waals surface area (Å²) in [4.78, 5) is 14.2. The van der Waals surface area contributed by atoms with Gasteiger partial charge >= 0.3 is 0 Å².